The summed E-state index contributed by atoms with van der Waals surface area (Å²) in [4.78, 5) is 38.5. The van der Waals surface area contributed by atoms with Crippen LogP contribution in [0.3, 0.4) is 0 Å². The number of hydrogen-bond donors (Lipinski definition) is 0. The van der Waals surface area contributed by atoms with Crippen molar-refractivity contribution in [1.29, 1.82) is 0 Å². The first-order valence-electron chi connectivity index (χ1n) is 7.20. The Balaban J connectivity index is 3.34. The SMILES string of the molecule is C=C(C(=O)OC)C1CCN(C)C1(C(=O)OCC)C(=O)OCC. The van der Waals surface area contributed by atoms with E-state index in [1.807, 2.05) is 0 Å². The van der Waals surface area contributed by atoms with Gasteiger partial charge in [-0.05, 0) is 27.3 Å². The lowest BCUT2D eigenvalue weighted by Crippen LogP contribution is -2.61. The average molecular weight is 313 g/mol. The van der Waals surface area contributed by atoms with E-state index in [4.69, 9.17) is 9.47 Å². The van der Waals surface area contributed by atoms with Gasteiger partial charge in [0.25, 0.3) is 0 Å². The average Bonchev–Trinajstić information content (AvgIpc) is 2.84. The first-order valence-corrected chi connectivity index (χ1v) is 7.20. The van der Waals surface area contributed by atoms with Crippen molar-refractivity contribution in [3.63, 3.8) is 0 Å². The largest absolute Gasteiger partial charge is 0.466 e. The molecule has 1 aliphatic rings. The summed E-state index contributed by atoms with van der Waals surface area (Å²) in [7, 11) is 2.85. The molecule has 0 radical (unpaired) electrons. The van der Waals surface area contributed by atoms with Crippen LogP contribution in [0.5, 0.6) is 0 Å². The van der Waals surface area contributed by atoms with Crippen LogP contribution in [0.2, 0.25) is 0 Å². The molecule has 7 heteroatoms. The number of hydrogen-bond acceptors (Lipinski definition) is 7. The second-order valence-electron chi connectivity index (χ2n) is 4.99. The molecule has 0 spiro atoms. The maximum atomic E-state index is 12.6. The standard InChI is InChI=1S/C15H23NO6/c1-6-21-13(18)15(14(19)22-7-2)11(8-9-16(15)4)10(3)12(17)20-5/h11H,3,6-9H2,1-2,4-5H3. The summed E-state index contributed by atoms with van der Waals surface area (Å²) in [6.45, 7) is 7.66. The summed E-state index contributed by atoms with van der Waals surface area (Å²) in [5, 5.41) is 0. The van der Waals surface area contributed by atoms with E-state index in [-0.39, 0.29) is 18.8 Å². The molecule has 22 heavy (non-hydrogen) atoms. The maximum Gasteiger partial charge on any atom is 0.338 e. The first kappa shape index (κ1) is 18.2. The van der Waals surface area contributed by atoms with Crippen LogP contribution < -0.4 is 0 Å². The molecule has 124 valence electrons. The number of likely N-dealkylation sites (tertiary alicyclic amines) is 1. The Morgan fingerprint density at radius 1 is 1.18 bits per heavy atom. The summed E-state index contributed by atoms with van der Waals surface area (Å²) in [6.07, 6.45) is 0.405. The third kappa shape index (κ3) is 2.85. The van der Waals surface area contributed by atoms with Crippen molar-refractivity contribution in [3.8, 4) is 0 Å². The number of rotatable bonds is 6. The van der Waals surface area contributed by atoms with Gasteiger partial charge in [-0.25, -0.2) is 14.4 Å². The van der Waals surface area contributed by atoms with Gasteiger partial charge in [-0.2, -0.15) is 0 Å². The van der Waals surface area contributed by atoms with E-state index < -0.39 is 29.4 Å². The van der Waals surface area contributed by atoms with Gasteiger partial charge in [-0.15, -0.1) is 0 Å². The van der Waals surface area contributed by atoms with Gasteiger partial charge in [-0.3, -0.25) is 4.90 Å². The Hall–Kier alpha value is -1.89. The van der Waals surface area contributed by atoms with Crippen LogP contribution in [-0.2, 0) is 28.6 Å². The zero-order valence-electron chi connectivity index (χ0n) is 13.5. The van der Waals surface area contributed by atoms with E-state index in [1.165, 1.54) is 7.11 Å². The van der Waals surface area contributed by atoms with Gasteiger partial charge in [0, 0.05) is 18.0 Å². The lowest BCUT2D eigenvalue weighted by molar-refractivity contribution is -0.174. The molecule has 0 aliphatic carbocycles. The molecule has 1 atom stereocenters. The van der Waals surface area contributed by atoms with Gasteiger partial charge < -0.3 is 14.2 Å². The van der Waals surface area contributed by atoms with E-state index in [0.717, 1.165) is 0 Å². The molecule has 0 bridgehead atoms. The van der Waals surface area contributed by atoms with E-state index in [0.29, 0.717) is 13.0 Å². The normalized spacial score (nSPS) is 20.3. The smallest absolute Gasteiger partial charge is 0.338 e. The Morgan fingerprint density at radius 2 is 1.68 bits per heavy atom. The second kappa shape index (κ2) is 7.40. The number of likely N-dealkylation sites (N-methyl/N-ethyl adjacent to an activating group) is 1. The molecule has 1 aliphatic heterocycles. The van der Waals surface area contributed by atoms with Crippen molar-refractivity contribution in [2.24, 2.45) is 5.92 Å². The predicted octanol–water partition coefficient (Wildman–Crippen LogP) is 0.532. The number of carbonyl (C=O) groups is 3. The Labute approximate surface area is 130 Å². The minimum absolute atomic E-state index is 0.0629. The van der Waals surface area contributed by atoms with Crippen molar-refractivity contribution in [2.75, 3.05) is 33.9 Å². The molecule has 0 aromatic carbocycles. The number of methoxy groups -OCH3 is 1. The van der Waals surface area contributed by atoms with Crippen molar-refractivity contribution in [1.82, 2.24) is 4.90 Å². The molecule has 7 nitrogen and oxygen atoms in total. The molecule has 0 N–H and O–H groups in total. The summed E-state index contributed by atoms with van der Waals surface area (Å²) in [6, 6.07) is 0. The van der Waals surface area contributed by atoms with Crippen LogP contribution in [0.1, 0.15) is 20.3 Å². The minimum atomic E-state index is -1.70. The Bertz CT molecular complexity index is 455. The second-order valence-corrected chi connectivity index (χ2v) is 4.99. The fourth-order valence-corrected chi connectivity index (χ4v) is 2.84. The fourth-order valence-electron chi connectivity index (χ4n) is 2.84. The zero-order chi connectivity index (χ0) is 16.9. The molecular weight excluding hydrogens is 290 g/mol. The quantitative estimate of drug-likeness (QED) is 0.306. The van der Waals surface area contributed by atoms with E-state index >= 15 is 0 Å². The number of carbonyl (C=O) groups excluding carboxylic acids is 3. The van der Waals surface area contributed by atoms with Crippen molar-refractivity contribution < 1.29 is 28.6 Å². The van der Waals surface area contributed by atoms with Gasteiger partial charge in [0.15, 0.2) is 0 Å². The molecule has 0 aromatic heterocycles. The maximum absolute atomic E-state index is 12.6. The zero-order valence-corrected chi connectivity index (χ0v) is 13.5. The lowest BCUT2D eigenvalue weighted by atomic mass is 9.79. The monoisotopic (exact) mass is 313 g/mol. The molecule has 1 rings (SSSR count). The highest BCUT2D eigenvalue weighted by Crippen LogP contribution is 2.40. The molecule has 0 aromatic rings. The highest BCUT2D eigenvalue weighted by Gasteiger charge is 2.62. The van der Waals surface area contributed by atoms with Crippen LogP contribution in [0.15, 0.2) is 12.2 Å². The molecule has 0 amide bonds. The van der Waals surface area contributed by atoms with E-state index in [2.05, 4.69) is 11.3 Å². The molecular formula is C15H23NO6. The van der Waals surface area contributed by atoms with Crippen molar-refractivity contribution in [2.45, 2.75) is 25.8 Å². The first-order chi connectivity index (χ1) is 10.4. The van der Waals surface area contributed by atoms with Crippen LogP contribution in [0, 0.1) is 5.92 Å². The molecule has 1 saturated heterocycles. The fraction of sp³-hybridized carbons (Fsp3) is 0.667. The summed E-state index contributed by atoms with van der Waals surface area (Å²) >= 11 is 0. The molecule has 1 fully saturated rings. The highest BCUT2D eigenvalue weighted by molar-refractivity contribution is 6.07. The van der Waals surface area contributed by atoms with Crippen LogP contribution >= 0.6 is 0 Å². The number of esters is 3. The third-order valence-electron chi connectivity index (χ3n) is 3.90. The van der Waals surface area contributed by atoms with E-state index in [9.17, 15) is 14.4 Å². The summed E-state index contributed by atoms with van der Waals surface area (Å²) < 4.78 is 14.8. The Morgan fingerprint density at radius 3 is 2.09 bits per heavy atom. The molecule has 0 saturated carbocycles. The topological polar surface area (TPSA) is 82.1 Å². The minimum Gasteiger partial charge on any atom is -0.466 e. The summed E-state index contributed by atoms with van der Waals surface area (Å²) in [5.41, 5.74) is -1.63. The van der Waals surface area contributed by atoms with Gasteiger partial charge in [0.2, 0.25) is 5.54 Å². The van der Waals surface area contributed by atoms with Crippen LogP contribution in [0.25, 0.3) is 0 Å². The number of nitrogens with zero attached hydrogens (tertiary/aromatic N) is 1. The van der Waals surface area contributed by atoms with E-state index in [1.54, 1.807) is 25.8 Å². The lowest BCUT2D eigenvalue weighted by Gasteiger charge is -2.35. The van der Waals surface area contributed by atoms with Crippen molar-refractivity contribution in [3.05, 3.63) is 12.2 Å². The Kier molecular flexibility index (Phi) is 6.11. The number of ether oxygens (including phenoxy) is 3. The van der Waals surface area contributed by atoms with Gasteiger partial charge in [0.05, 0.1) is 20.3 Å². The van der Waals surface area contributed by atoms with Gasteiger partial charge >= 0.3 is 17.9 Å². The summed E-state index contributed by atoms with van der Waals surface area (Å²) in [5.74, 6) is -2.87. The highest BCUT2D eigenvalue weighted by atomic mass is 16.6. The van der Waals surface area contributed by atoms with Gasteiger partial charge in [-0.1, -0.05) is 6.58 Å². The molecule has 1 heterocycles. The van der Waals surface area contributed by atoms with Crippen LogP contribution in [-0.4, -0.2) is 62.3 Å². The molecule has 1 unspecified atom stereocenters. The third-order valence-corrected chi connectivity index (χ3v) is 3.90. The predicted molar refractivity (Wildman–Crippen MR) is 77.9 cm³/mol. The van der Waals surface area contributed by atoms with Gasteiger partial charge in [0.1, 0.15) is 0 Å². The van der Waals surface area contributed by atoms with Crippen LogP contribution in [0.4, 0.5) is 0 Å². The van der Waals surface area contributed by atoms with Crippen molar-refractivity contribution >= 4 is 17.9 Å².